The monoisotopic (exact) mass is 329 g/mol. The molecule has 3 heterocycles. The summed E-state index contributed by atoms with van der Waals surface area (Å²) in [5.74, 6) is 0.408. The minimum atomic E-state index is -0.335. The summed E-state index contributed by atoms with van der Waals surface area (Å²) >= 11 is 0. The SMILES string of the molecule is COc1ccc(CCN2C(=O)[C@H]3[C@H](C2=O)[C@H]2C=C[C@H]3O2)cc1OC. The number of nitrogens with zero attached hydrogens (tertiary/aromatic N) is 1. The minimum absolute atomic E-state index is 0.109. The molecule has 6 heteroatoms. The summed E-state index contributed by atoms with van der Waals surface area (Å²) in [6, 6.07) is 5.62. The molecule has 2 saturated heterocycles. The molecule has 1 aromatic rings. The maximum Gasteiger partial charge on any atom is 0.236 e. The molecule has 0 aromatic heterocycles. The molecular formula is C18H19NO5. The molecule has 0 N–H and O–H groups in total. The number of ether oxygens (including phenoxy) is 3. The highest BCUT2D eigenvalue weighted by Gasteiger charge is 2.60. The van der Waals surface area contributed by atoms with Crippen LogP contribution in [0.4, 0.5) is 0 Å². The fraction of sp³-hybridized carbons (Fsp3) is 0.444. The number of methoxy groups -OCH3 is 2. The number of carbonyl (C=O) groups is 2. The van der Waals surface area contributed by atoms with Gasteiger partial charge < -0.3 is 14.2 Å². The van der Waals surface area contributed by atoms with Crippen molar-refractivity contribution >= 4 is 11.8 Å². The minimum Gasteiger partial charge on any atom is -0.493 e. The number of likely N-dealkylation sites (tertiary alicyclic amines) is 1. The van der Waals surface area contributed by atoms with Crippen LogP contribution in [0.5, 0.6) is 11.5 Å². The van der Waals surface area contributed by atoms with Crippen molar-refractivity contribution in [2.24, 2.45) is 11.8 Å². The van der Waals surface area contributed by atoms with Crippen LogP contribution in [-0.2, 0) is 20.7 Å². The summed E-state index contributed by atoms with van der Waals surface area (Å²) in [4.78, 5) is 26.5. The molecular weight excluding hydrogens is 310 g/mol. The van der Waals surface area contributed by atoms with Gasteiger partial charge in [-0.3, -0.25) is 14.5 Å². The van der Waals surface area contributed by atoms with E-state index in [4.69, 9.17) is 14.2 Å². The molecule has 0 unspecified atom stereocenters. The molecule has 6 nitrogen and oxygen atoms in total. The second-order valence-corrected chi connectivity index (χ2v) is 6.27. The lowest BCUT2D eigenvalue weighted by atomic mass is 9.85. The fourth-order valence-electron chi connectivity index (χ4n) is 3.86. The highest BCUT2D eigenvalue weighted by molar-refractivity contribution is 6.06. The van der Waals surface area contributed by atoms with E-state index in [2.05, 4.69) is 0 Å². The number of benzene rings is 1. The van der Waals surface area contributed by atoms with E-state index in [0.29, 0.717) is 24.5 Å². The first-order valence-electron chi connectivity index (χ1n) is 8.04. The van der Waals surface area contributed by atoms with Crippen molar-refractivity contribution in [3.63, 3.8) is 0 Å². The van der Waals surface area contributed by atoms with Crippen LogP contribution in [0.2, 0.25) is 0 Å². The molecule has 1 aromatic carbocycles. The van der Waals surface area contributed by atoms with E-state index < -0.39 is 0 Å². The van der Waals surface area contributed by atoms with Gasteiger partial charge in [-0.25, -0.2) is 0 Å². The Labute approximate surface area is 140 Å². The van der Waals surface area contributed by atoms with Gasteiger partial charge in [-0.2, -0.15) is 0 Å². The zero-order valence-electron chi connectivity index (χ0n) is 13.6. The lowest BCUT2D eigenvalue weighted by molar-refractivity contribution is -0.142. The van der Waals surface area contributed by atoms with Gasteiger partial charge >= 0.3 is 0 Å². The predicted octanol–water partition coefficient (Wildman–Crippen LogP) is 1.18. The average Bonchev–Trinajstić information content (AvgIpc) is 3.27. The Bertz CT molecular complexity index is 698. The lowest BCUT2D eigenvalue weighted by Gasteiger charge is -2.18. The number of imide groups is 1. The molecule has 3 aliphatic rings. The molecule has 2 fully saturated rings. The van der Waals surface area contributed by atoms with Gasteiger partial charge in [-0.1, -0.05) is 18.2 Å². The van der Waals surface area contributed by atoms with E-state index in [-0.39, 0.29) is 35.9 Å². The third-order valence-corrected chi connectivity index (χ3v) is 5.07. The van der Waals surface area contributed by atoms with E-state index in [9.17, 15) is 9.59 Å². The van der Waals surface area contributed by atoms with Crippen molar-refractivity contribution < 1.29 is 23.8 Å². The predicted molar refractivity (Wildman–Crippen MR) is 84.8 cm³/mol. The van der Waals surface area contributed by atoms with Gasteiger partial charge in [0.05, 0.1) is 38.3 Å². The number of amides is 2. The Balaban J connectivity index is 1.47. The molecule has 3 aliphatic heterocycles. The zero-order chi connectivity index (χ0) is 16.8. The van der Waals surface area contributed by atoms with Crippen LogP contribution < -0.4 is 9.47 Å². The molecule has 4 atom stereocenters. The quantitative estimate of drug-likeness (QED) is 0.600. The Morgan fingerprint density at radius 2 is 1.62 bits per heavy atom. The van der Waals surface area contributed by atoms with Crippen LogP contribution in [-0.4, -0.2) is 49.7 Å². The van der Waals surface area contributed by atoms with Crippen LogP contribution in [0.3, 0.4) is 0 Å². The van der Waals surface area contributed by atoms with Crippen LogP contribution in [0.25, 0.3) is 0 Å². The highest BCUT2D eigenvalue weighted by Crippen LogP contribution is 2.45. The van der Waals surface area contributed by atoms with Gasteiger partial charge in [-0.05, 0) is 24.1 Å². The first-order chi connectivity index (χ1) is 11.6. The summed E-state index contributed by atoms with van der Waals surface area (Å²) in [7, 11) is 3.17. The first kappa shape index (κ1) is 15.2. The molecule has 0 saturated carbocycles. The fourth-order valence-corrected chi connectivity index (χ4v) is 3.86. The van der Waals surface area contributed by atoms with E-state index in [0.717, 1.165) is 5.56 Å². The van der Waals surface area contributed by atoms with E-state index in [1.807, 2.05) is 30.4 Å². The van der Waals surface area contributed by atoms with E-state index >= 15 is 0 Å². The third kappa shape index (κ3) is 2.13. The van der Waals surface area contributed by atoms with E-state index in [1.54, 1.807) is 14.2 Å². The second kappa shape index (κ2) is 5.63. The molecule has 2 amide bonds. The van der Waals surface area contributed by atoms with Gasteiger partial charge in [-0.15, -0.1) is 0 Å². The third-order valence-electron chi connectivity index (χ3n) is 5.07. The Morgan fingerprint density at radius 3 is 2.21 bits per heavy atom. The zero-order valence-corrected chi connectivity index (χ0v) is 13.6. The van der Waals surface area contributed by atoms with Crippen molar-refractivity contribution in [1.29, 1.82) is 0 Å². The smallest absolute Gasteiger partial charge is 0.236 e. The van der Waals surface area contributed by atoms with Crippen molar-refractivity contribution in [3.8, 4) is 11.5 Å². The molecule has 2 bridgehead atoms. The number of hydrogen-bond acceptors (Lipinski definition) is 5. The van der Waals surface area contributed by atoms with Crippen LogP contribution in [0.1, 0.15) is 5.56 Å². The second-order valence-electron chi connectivity index (χ2n) is 6.27. The van der Waals surface area contributed by atoms with Crippen molar-refractivity contribution in [2.45, 2.75) is 18.6 Å². The van der Waals surface area contributed by atoms with Crippen molar-refractivity contribution in [3.05, 3.63) is 35.9 Å². The molecule has 126 valence electrons. The van der Waals surface area contributed by atoms with Gasteiger partial charge in [0.25, 0.3) is 0 Å². The Kier molecular flexibility index (Phi) is 3.57. The van der Waals surface area contributed by atoms with Gasteiger partial charge in [0.2, 0.25) is 11.8 Å². The normalized spacial score (nSPS) is 30.2. The largest absolute Gasteiger partial charge is 0.493 e. The van der Waals surface area contributed by atoms with Crippen LogP contribution in [0, 0.1) is 11.8 Å². The topological polar surface area (TPSA) is 65.1 Å². The van der Waals surface area contributed by atoms with E-state index in [1.165, 1.54) is 4.90 Å². The van der Waals surface area contributed by atoms with Crippen LogP contribution >= 0.6 is 0 Å². The molecule has 24 heavy (non-hydrogen) atoms. The molecule has 0 aliphatic carbocycles. The maximum atomic E-state index is 12.6. The lowest BCUT2D eigenvalue weighted by Crippen LogP contribution is -2.36. The number of fused-ring (bicyclic) bond motifs is 5. The van der Waals surface area contributed by atoms with Crippen molar-refractivity contribution in [2.75, 3.05) is 20.8 Å². The number of hydrogen-bond donors (Lipinski definition) is 0. The summed E-state index contributed by atoms with van der Waals surface area (Å²) in [5.41, 5.74) is 0.989. The van der Waals surface area contributed by atoms with Gasteiger partial charge in [0, 0.05) is 6.54 Å². The van der Waals surface area contributed by atoms with Crippen LogP contribution in [0.15, 0.2) is 30.4 Å². The maximum absolute atomic E-state index is 12.6. The number of rotatable bonds is 5. The summed E-state index contributed by atoms with van der Waals surface area (Å²) in [6.45, 7) is 0.375. The van der Waals surface area contributed by atoms with Gasteiger partial charge in [0.15, 0.2) is 11.5 Å². The summed E-state index contributed by atoms with van der Waals surface area (Å²) < 4.78 is 16.1. The standard InChI is InChI=1S/C18H19NO5/c1-22-11-4-3-10(9-14(11)23-2)7-8-19-17(20)15-12-5-6-13(24-12)16(15)18(19)21/h3-6,9,12-13,15-16H,7-8H2,1-2H3/t12-,13-,15-,16-/m1/s1. The average molecular weight is 329 g/mol. The highest BCUT2D eigenvalue weighted by atomic mass is 16.5. The molecule has 4 rings (SSSR count). The Hall–Kier alpha value is -2.34. The molecule has 0 radical (unpaired) electrons. The summed E-state index contributed by atoms with van der Waals surface area (Å²) in [5, 5.41) is 0. The first-order valence-corrected chi connectivity index (χ1v) is 8.04. The summed E-state index contributed by atoms with van der Waals surface area (Å²) in [6.07, 6.45) is 3.91. The molecule has 0 spiro atoms. The number of carbonyl (C=O) groups excluding carboxylic acids is 2. The van der Waals surface area contributed by atoms with Gasteiger partial charge in [0.1, 0.15) is 0 Å². The van der Waals surface area contributed by atoms with Crippen molar-refractivity contribution in [1.82, 2.24) is 4.90 Å². The Morgan fingerprint density at radius 1 is 1.00 bits per heavy atom.